The van der Waals surface area contributed by atoms with Gasteiger partial charge in [-0.05, 0) is 23.4 Å². The Morgan fingerprint density at radius 3 is 2.41 bits per heavy atom. The molecule has 0 saturated heterocycles. The molecule has 0 amide bonds. The molecule has 3 heteroatoms. The summed E-state index contributed by atoms with van der Waals surface area (Å²) in [6.45, 7) is 13.3. The van der Waals surface area contributed by atoms with Gasteiger partial charge in [-0.25, -0.2) is 4.98 Å². The fourth-order valence-corrected chi connectivity index (χ4v) is 3.09. The van der Waals surface area contributed by atoms with Crippen molar-refractivity contribution in [3.05, 3.63) is 40.2 Å². The molecule has 2 rings (SSSR count). The van der Waals surface area contributed by atoms with Crippen LogP contribution in [0.25, 0.3) is 11.3 Å². The molecule has 0 atom stereocenters. The van der Waals surface area contributed by atoms with Crippen LogP contribution in [0.1, 0.15) is 45.2 Å². The van der Waals surface area contributed by atoms with Crippen LogP contribution in [-0.2, 0) is 11.8 Å². The smallest absolute Gasteiger partial charge is 0.0945 e. The standard InChI is InChI=1S/C19H28N2S/c1-14(2)12-20-11-10-18-21-17(13-22-18)15-6-8-16(9-7-15)19(3,4)5/h6-9,13-14,20H,10-12H2,1-5H3. The molecule has 0 bridgehead atoms. The van der Waals surface area contributed by atoms with E-state index in [1.54, 1.807) is 11.3 Å². The van der Waals surface area contributed by atoms with E-state index in [0.29, 0.717) is 5.92 Å². The van der Waals surface area contributed by atoms with Crippen molar-refractivity contribution in [2.45, 2.75) is 46.5 Å². The van der Waals surface area contributed by atoms with Gasteiger partial charge in [0.15, 0.2) is 0 Å². The van der Waals surface area contributed by atoms with Crippen molar-refractivity contribution in [2.75, 3.05) is 13.1 Å². The Balaban J connectivity index is 1.96. The van der Waals surface area contributed by atoms with E-state index in [0.717, 1.165) is 25.2 Å². The van der Waals surface area contributed by atoms with Gasteiger partial charge in [0.25, 0.3) is 0 Å². The molecule has 1 heterocycles. The minimum atomic E-state index is 0.202. The summed E-state index contributed by atoms with van der Waals surface area (Å²) >= 11 is 1.76. The van der Waals surface area contributed by atoms with Gasteiger partial charge in [-0.2, -0.15) is 0 Å². The zero-order valence-corrected chi connectivity index (χ0v) is 15.3. The number of nitrogens with zero attached hydrogens (tertiary/aromatic N) is 1. The second-order valence-corrected chi connectivity index (χ2v) is 8.24. The quantitative estimate of drug-likeness (QED) is 0.767. The van der Waals surface area contributed by atoms with Crippen LogP contribution in [-0.4, -0.2) is 18.1 Å². The molecular formula is C19H28N2S. The van der Waals surface area contributed by atoms with Crippen LogP contribution in [0, 0.1) is 5.92 Å². The predicted molar refractivity (Wildman–Crippen MR) is 97.7 cm³/mol. The molecule has 1 N–H and O–H groups in total. The maximum atomic E-state index is 4.77. The van der Waals surface area contributed by atoms with Crippen molar-refractivity contribution >= 4 is 11.3 Å². The number of hydrogen-bond donors (Lipinski definition) is 1. The Kier molecular flexibility index (Phi) is 5.76. The van der Waals surface area contributed by atoms with Crippen molar-refractivity contribution in [1.29, 1.82) is 0 Å². The first-order valence-corrected chi connectivity index (χ1v) is 9.00. The average Bonchev–Trinajstić information content (AvgIpc) is 2.91. The molecule has 22 heavy (non-hydrogen) atoms. The van der Waals surface area contributed by atoms with Gasteiger partial charge in [-0.1, -0.05) is 58.9 Å². The highest BCUT2D eigenvalue weighted by Gasteiger charge is 2.13. The lowest BCUT2D eigenvalue weighted by Gasteiger charge is -2.18. The molecule has 1 aromatic carbocycles. The van der Waals surface area contributed by atoms with E-state index in [-0.39, 0.29) is 5.41 Å². The molecule has 0 saturated carbocycles. The molecular weight excluding hydrogens is 288 g/mol. The fourth-order valence-electron chi connectivity index (χ4n) is 2.29. The van der Waals surface area contributed by atoms with Crippen LogP contribution >= 0.6 is 11.3 Å². The van der Waals surface area contributed by atoms with Gasteiger partial charge in [-0.3, -0.25) is 0 Å². The predicted octanol–water partition coefficient (Wildman–Crippen LogP) is 4.90. The van der Waals surface area contributed by atoms with Crippen molar-refractivity contribution in [3.8, 4) is 11.3 Å². The maximum absolute atomic E-state index is 4.77. The van der Waals surface area contributed by atoms with Gasteiger partial charge >= 0.3 is 0 Å². The Bertz CT molecular complexity index is 576. The fraction of sp³-hybridized carbons (Fsp3) is 0.526. The number of rotatable bonds is 6. The van der Waals surface area contributed by atoms with Gasteiger partial charge < -0.3 is 5.32 Å². The van der Waals surface area contributed by atoms with Crippen LogP contribution in [0.15, 0.2) is 29.6 Å². The highest BCUT2D eigenvalue weighted by molar-refractivity contribution is 7.09. The lowest BCUT2D eigenvalue weighted by Crippen LogP contribution is -2.22. The van der Waals surface area contributed by atoms with Gasteiger partial charge in [0.2, 0.25) is 0 Å². The molecule has 0 aliphatic rings. The topological polar surface area (TPSA) is 24.9 Å². The molecule has 0 fully saturated rings. The molecule has 2 aromatic rings. The summed E-state index contributed by atoms with van der Waals surface area (Å²) in [5.74, 6) is 0.702. The summed E-state index contributed by atoms with van der Waals surface area (Å²) in [5, 5.41) is 6.86. The maximum Gasteiger partial charge on any atom is 0.0945 e. The normalized spacial score (nSPS) is 12.1. The highest BCUT2D eigenvalue weighted by atomic mass is 32.1. The Morgan fingerprint density at radius 2 is 1.82 bits per heavy atom. The van der Waals surface area contributed by atoms with Crippen molar-refractivity contribution in [1.82, 2.24) is 10.3 Å². The van der Waals surface area contributed by atoms with E-state index in [4.69, 9.17) is 4.98 Å². The van der Waals surface area contributed by atoms with Gasteiger partial charge in [0.1, 0.15) is 0 Å². The molecule has 1 aromatic heterocycles. The second-order valence-electron chi connectivity index (χ2n) is 7.30. The molecule has 0 aliphatic heterocycles. The molecule has 0 aliphatic carbocycles. The average molecular weight is 317 g/mol. The van der Waals surface area contributed by atoms with E-state index in [1.165, 1.54) is 16.1 Å². The van der Waals surface area contributed by atoms with Crippen LogP contribution in [0.2, 0.25) is 0 Å². The molecule has 0 unspecified atom stereocenters. The summed E-state index contributed by atoms with van der Waals surface area (Å²) in [5.41, 5.74) is 3.88. The minimum Gasteiger partial charge on any atom is -0.316 e. The van der Waals surface area contributed by atoms with E-state index >= 15 is 0 Å². The van der Waals surface area contributed by atoms with E-state index < -0.39 is 0 Å². The zero-order chi connectivity index (χ0) is 16.2. The Labute approximate surface area is 139 Å². The highest BCUT2D eigenvalue weighted by Crippen LogP contribution is 2.27. The number of aromatic nitrogens is 1. The lowest BCUT2D eigenvalue weighted by molar-refractivity contribution is 0.554. The van der Waals surface area contributed by atoms with Crippen LogP contribution in [0.3, 0.4) is 0 Å². The number of nitrogens with one attached hydrogen (secondary N) is 1. The third-order valence-corrected chi connectivity index (χ3v) is 4.58. The Hall–Kier alpha value is -1.19. The third-order valence-electron chi connectivity index (χ3n) is 3.67. The number of hydrogen-bond acceptors (Lipinski definition) is 3. The summed E-state index contributed by atoms with van der Waals surface area (Å²) in [4.78, 5) is 4.77. The van der Waals surface area contributed by atoms with Crippen molar-refractivity contribution in [2.24, 2.45) is 5.92 Å². The van der Waals surface area contributed by atoms with Crippen LogP contribution < -0.4 is 5.32 Å². The van der Waals surface area contributed by atoms with Crippen molar-refractivity contribution in [3.63, 3.8) is 0 Å². The SMILES string of the molecule is CC(C)CNCCc1nc(-c2ccc(C(C)(C)C)cc2)cs1. The van der Waals surface area contributed by atoms with Gasteiger partial charge in [0.05, 0.1) is 10.7 Å². The van der Waals surface area contributed by atoms with E-state index in [2.05, 4.69) is 69.6 Å². The summed E-state index contributed by atoms with van der Waals surface area (Å²) in [6.07, 6.45) is 1.01. The number of benzene rings is 1. The second kappa shape index (κ2) is 7.38. The summed E-state index contributed by atoms with van der Waals surface area (Å²) in [7, 11) is 0. The van der Waals surface area contributed by atoms with E-state index in [9.17, 15) is 0 Å². The molecule has 0 spiro atoms. The minimum absolute atomic E-state index is 0.202. The largest absolute Gasteiger partial charge is 0.316 e. The van der Waals surface area contributed by atoms with Crippen molar-refractivity contribution < 1.29 is 0 Å². The first-order valence-electron chi connectivity index (χ1n) is 8.12. The third kappa shape index (κ3) is 4.92. The Morgan fingerprint density at radius 1 is 1.14 bits per heavy atom. The van der Waals surface area contributed by atoms with Crippen LogP contribution in [0.4, 0.5) is 0 Å². The van der Waals surface area contributed by atoms with Gasteiger partial charge in [0, 0.05) is 23.9 Å². The first-order chi connectivity index (χ1) is 10.4. The number of thiazole rings is 1. The monoisotopic (exact) mass is 316 g/mol. The van der Waals surface area contributed by atoms with E-state index in [1.807, 2.05) is 0 Å². The van der Waals surface area contributed by atoms with Gasteiger partial charge in [-0.15, -0.1) is 11.3 Å². The lowest BCUT2D eigenvalue weighted by atomic mass is 9.86. The molecule has 0 radical (unpaired) electrons. The van der Waals surface area contributed by atoms with Crippen LogP contribution in [0.5, 0.6) is 0 Å². The zero-order valence-electron chi connectivity index (χ0n) is 14.4. The first kappa shape index (κ1) is 17.2. The summed E-state index contributed by atoms with van der Waals surface area (Å²) in [6, 6.07) is 8.82. The molecule has 2 nitrogen and oxygen atoms in total. The molecule has 120 valence electrons. The summed E-state index contributed by atoms with van der Waals surface area (Å²) < 4.78 is 0.